The Morgan fingerprint density at radius 3 is 1.04 bits per heavy atom. The van der Waals surface area contributed by atoms with E-state index in [9.17, 15) is 14.4 Å². The molecule has 0 rings (SSSR count). The lowest BCUT2D eigenvalue weighted by molar-refractivity contribution is -0.167. The van der Waals surface area contributed by atoms with E-state index in [-0.39, 0.29) is 31.1 Å². The van der Waals surface area contributed by atoms with Gasteiger partial charge in [0.25, 0.3) is 0 Å². The molecular formula is C49H94O6. The summed E-state index contributed by atoms with van der Waals surface area (Å²) in [7, 11) is 0. The van der Waals surface area contributed by atoms with Crippen LogP contribution in [0.4, 0.5) is 0 Å². The minimum Gasteiger partial charge on any atom is -0.462 e. The van der Waals surface area contributed by atoms with Gasteiger partial charge < -0.3 is 14.2 Å². The van der Waals surface area contributed by atoms with Crippen molar-refractivity contribution in [2.45, 2.75) is 272 Å². The van der Waals surface area contributed by atoms with Crippen LogP contribution in [-0.4, -0.2) is 37.2 Å². The molecule has 0 saturated carbocycles. The zero-order valence-corrected chi connectivity index (χ0v) is 37.6. The quantitative estimate of drug-likeness (QED) is 0.0348. The number of rotatable bonds is 43. The first kappa shape index (κ1) is 53.4. The number of carbonyl (C=O) groups is 3. The van der Waals surface area contributed by atoms with Crippen molar-refractivity contribution in [3.05, 3.63) is 0 Å². The van der Waals surface area contributed by atoms with Crippen LogP contribution in [0.5, 0.6) is 0 Å². The third-order valence-electron chi connectivity index (χ3n) is 11.3. The van der Waals surface area contributed by atoms with E-state index in [4.69, 9.17) is 14.2 Å². The van der Waals surface area contributed by atoms with Gasteiger partial charge in [0.1, 0.15) is 13.2 Å². The van der Waals surface area contributed by atoms with Crippen LogP contribution in [0.1, 0.15) is 266 Å². The molecule has 326 valence electrons. The van der Waals surface area contributed by atoms with E-state index in [1.165, 1.54) is 154 Å². The van der Waals surface area contributed by atoms with Crippen molar-refractivity contribution in [3.8, 4) is 0 Å². The molecule has 55 heavy (non-hydrogen) atoms. The van der Waals surface area contributed by atoms with Crippen molar-refractivity contribution in [2.75, 3.05) is 13.2 Å². The van der Waals surface area contributed by atoms with Gasteiger partial charge in [-0.2, -0.15) is 0 Å². The molecule has 6 heteroatoms. The first-order chi connectivity index (χ1) is 26.8. The highest BCUT2D eigenvalue weighted by molar-refractivity contribution is 5.71. The van der Waals surface area contributed by atoms with Crippen molar-refractivity contribution in [2.24, 2.45) is 11.8 Å². The first-order valence-electron chi connectivity index (χ1n) is 24.3. The molecular weight excluding hydrogens is 685 g/mol. The molecule has 0 radical (unpaired) electrons. The van der Waals surface area contributed by atoms with E-state index in [0.29, 0.717) is 19.3 Å². The van der Waals surface area contributed by atoms with Crippen LogP contribution in [0, 0.1) is 11.8 Å². The Kier molecular flexibility index (Phi) is 40.8. The maximum atomic E-state index is 12.7. The predicted molar refractivity (Wildman–Crippen MR) is 233 cm³/mol. The molecule has 0 aliphatic carbocycles. The van der Waals surface area contributed by atoms with Gasteiger partial charge in [-0.05, 0) is 31.1 Å². The molecule has 0 spiro atoms. The topological polar surface area (TPSA) is 78.9 Å². The Bertz CT molecular complexity index is 841. The molecule has 0 aromatic rings. The highest BCUT2D eigenvalue weighted by Crippen LogP contribution is 2.17. The van der Waals surface area contributed by atoms with Crippen molar-refractivity contribution in [1.29, 1.82) is 0 Å². The summed E-state index contributed by atoms with van der Waals surface area (Å²) in [6.45, 7) is 11.3. The molecule has 0 amide bonds. The molecule has 6 nitrogen and oxygen atoms in total. The normalized spacial score (nSPS) is 12.5. The summed E-state index contributed by atoms with van der Waals surface area (Å²) in [6.07, 6.45) is 41.0. The summed E-state index contributed by atoms with van der Waals surface area (Å²) >= 11 is 0. The maximum Gasteiger partial charge on any atom is 0.306 e. The Labute approximate surface area is 342 Å². The van der Waals surface area contributed by atoms with Crippen LogP contribution in [0.3, 0.4) is 0 Å². The molecule has 0 N–H and O–H groups in total. The van der Waals surface area contributed by atoms with Gasteiger partial charge in [-0.1, -0.05) is 227 Å². The lowest BCUT2D eigenvalue weighted by Crippen LogP contribution is -2.30. The molecule has 0 aromatic carbocycles. The van der Waals surface area contributed by atoms with E-state index in [1.807, 2.05) is 0 Å². The maximum absolute atomic E-state index is 12.7. The summed E-state index contributed by atoms with van der Waals surface area (Å²) in [5.74, 6) is 0.737. The Morgan fingerprint density at radius 2 is 0.691 bits per heavy atom. The number of ether oxygens (including phenoxy) is 3. The fourth-order valence-electron chi connectivity index (χ4n) is 7.25. The van der Waals surface area contributed by atoms with E-state index in [2.05, 4.69) is 34.6 Å². The highest BCUT2D eigenvalue weighted by atomic mass is 16.6. The van der Waals surface area contributed by atoms with Crippen LogP contribution in [-0.2, 0) is 28.6 Å². The third kappa shape index (κ3) is 41.9. The predicted octanol–water partition coefficient (Wildman–Crippen LogP) is 15.4. The molecule has 0 fully saturated rings. The minimum atomic E-state index is -0.762. The van der Waals surface area contributed by atoms with Gasteiger partial charge in [0, 0.05) is 19.3 Å². The molecule has 0 aliphatic heterocycles. The molecule has 0 bridgehead atoms. The summed E-state index contributed by atoms with van der Waals surface area (Å²) in [5, 5.41) is 0. The Hall–Kier alpha value is -1.59. The molecule has 1 unspecified atom stereocenters. The Balaban J connectivity index is 4.29. The van der Waals surface area contributed by atoms with E-state index < -0.39 is 6.10 Å². The second-order valence-corrected chi connectivity index (χ2v) is 17.5. The second kappa shape index (κ2) is 42.0. The zero-order valence-electron chi connectivity index (χ0n) is 37.6. The summed E-state index contributed by atoms with van der Waals surface area (Å²) in [5.41, 5.74) is 0. The minimum absolute atomic E-state index is 0.0661. The van der Waals surface area contributed by atoms with Gasteiger partial charge in [-0.15, -0.1) is 0 Å². The van der Waals surface area contributed by atoms with Crippen molar-refractivity contribution < 1.29 is 28.6 Å². The second-order valence-electron chi connectivity index (χ2n) is 17.5. The third-order valence-corrected chi connectivity index (χ3v) is 11.3. The van der Waals surface area contributed by atoms with Gasteiger partial charge in [0.2, 0.25) is 0 Å². The molecule has 2 atom stereocenters. The molecule has 0 aromatic heterocycles. The molecule has 0 aliphatic rings. The zero-order chi connectivity index (χ0) is 40.5. The van der Waals surface area contributed by atoms with Gasteiger partial charge in [-0.3, -0.25) is 14.4 Å². The van der Waals surface area contributed by atoms with Crippen LogP contribution in [0.2, 0.25) is 0 Å². The summed E-state index contributed by atoms with van der Waals surface area (Å²) < 4.78 is 16.7. The fourth-order valence-corrected chi connectivity index (χ4v) is 7.25. The van der Waals surface area contributed by atoms with Crippen molar-refractivity contribution in [3.63, 3.8) is 0 Å². The van der Waals surface area contributed by atoms with Gasteiger partial charge >= 0.3 is 17.9 Å². The van der Waals surface area contributed by atoms with E-state index in [1.54, 1.807) is 0 Å². The Morgan fingerprint density at radius 1 is 0.382 bits per heavy atom. The summed E-state index contributed by atoms with van der Waals surface area (Å²) in [6, 6.07) is 0. The van der Waals surface area contributed by atoms with Gasteiger partial charge in [0.05, 0.1) is 0 Å². The van der Waals surface area contributed by atoms with E-state index >= 15 is 0 Å². The lowest BCUT2D eigenvalue weighted by Gasteiger charge is -2.18. The fraction of sp³-hybridized carbons (Fsp3) is 0.939. The van der Waals surface area contributed by atoms with Gasteiger partial charge in [-0.25, -0.2) is 0 Å². The average Bonchev–Trinajstić information content (AvgIpc) is 3.17. The largest absolute Gasteiger partial charge is 0.462 e. The van der Waals surface area contributed by atoms with Gasteiger partial charge in [0.15, 0.2) is 6.10 Å². The first-order valence-corrected chi connectivity index (χ1v) is 24.3. The standard InChI is InChI=1S/C49H94O6/c1-6-8-9-10-11-12-13-14-15-16-17-18-19-20-23-31-36-41-49(52)55-46(42-53-47(50)39-34-29-24-21-22-27-32-37-44(3)4)43-54-48(51)40-35-30-26-25-28-33-38-45(5)7-2/h44-46H,6-43H2,1-5H3/t45?,46-/m1/s1. The number of hydrogen-bond donors (Lipinski definition) is 0. The van der Waals surface area contributed by atoms with Crippen LogP contribution < -0.4 is 0 Å². The van der Waals surface area contributed by atoms with Crippen LogP contribution >= 0.6 is 0 Å². The average molecular weight is 779 g/mol. The number of carbonyl (C=O) groups excluding carboxylic acids is 3. The monoisotopic (exact) mass is 779 g/mol. The highest BCUT2D eigenvalue weighted by Gasteiger charge is 2.19. The number of unbranched alkanes of at least 4 members (excludes halogenated alkanes) is 27. The SMILES string of the molecule is CCCCCCCCCCCCCCCCCCCC(=O)O[C@H](COC(=O)CCCCCCCCCC(C)C)COC(=O)CCCCCCCCC(C)CC. The molecule has 0 saturated heterocycles. The molecule has 0 heterocycles. The summed E-state index contributed by atoms with van der Waals surface area (Å²) in [4.78, 5) is 37.8. The van der Waals surface area contributed by atoms with Crippen LogP contribution in [0.15, 0.2) is 0 Å². The van der Waals surface area contributed by atoms with E-state index in [0.717, 1.165) is 69.6 Å². The number of esters is 3. The van der Waals surface area contributed by atoms with Crippen molar-refractivity contribution >= 4 is 17.9 Å². The number of hydrogen-bond acceptors (Lipinski definition) is 6. The smallest absolute Gasteiger partial charge is 0.306 e. The lowest BCUT2D eigenvalue weighted by atomic mass is 10.00. The van der Waals surface area contributed by atoms with Crippen LogP contribution in [0.25, 0.3) is 0 Å². The van der Waals surface area contributed by atoms with Crippen molar-refractivity contribution in [1.82, 2.24) is 0 Å².